The van der Waals surface area contributed by atoms with Gasteiger partial charge in [0.2, 0.25) is 15.9 Å². The number of carbonyl (C=O) groups is 1. The summed E-state index contributed by atoms with van der Waals surface area (Å²) in [5, 5.41) is 0. The van der Waals surface area contributed by atoms with Gasteiger partial charge >= 0.3 is 0 Å². The summed E-state index contributed by atoms with van der Waals surface area (Å²) >= 11 is 0. The van der Waals surface area contributed by atoms with Gasteiger partial charge in [-0.25, -0.2) is 8.42 Å². The molecule has 1 aromatic heterocycles. The molecular weight excluding hydrogens is 424 g/mol. The van der Waals surface area contributed by atoms with Gasteiger partial charge in [-0.2, -0.15) is 4.31 Å². The first-order valence-corrected chi connectivity index (χ1v) is 12.3. The molecule has 6 nitrogen and oxygen atoms in total. The molecule has 4 rings (SSSR count). The van der Waals surface area contributed by atoms with E-state index in [1.165, 1.54) is 4.31 Å². The minimum Gasteiger partial charge on any atom is -0.467 e. The lowest BCUT2D eigenvalue weighted by atomic mass is 9.96. The van der Waals surface area contributed by atoms with Crippen LogP contribution < -0.4 is 0 Å². The van der Waals surface area contributed by atoms with E-state index in [0.29, 0.717) is 43.9 Å². The second-order valence-corrected chi connectivity index (χ2v) is 10.2. The van der Waals surface area contributed by atoms with E-state index in [-0.39, 0.29) is 11.8 Å². The molecule has 0 N–H and O–H groups in total. The smallest absolute Gasteiger partial charge is 0.243 e. The molecule has 2 heterocycles. The lowest BCUT2D eigenvalue weighted by Crippen LogP contribution is -2.44. The lowest BCUT2D eigenvalue weighted by Gasteiger charge is -2.33. The number of benzene rings is 2. The van der Waals surface area contributed by atoms with E-state index in [1.54, 1.807) is 30.5 Å². The first-order valence-electron chi connectivity index (χ1n) is 10.9. The van der Waals surface area contributed by atoms with Gasteiger partial charge in [0, 0.05) is 25.6 Å². The minimum atomic E-state index is -3.54. The Kier molecular flexibility index (Phi) is 6.77. The molecule has 0 atom stereocenters. The molecule has 0 spiro atoms. The van der Waals surface area contributed by atoms with Crippen LogP contribution in [-0.2, 0) is 27.9 Å². The van der Waals surface area contributed by atoms with Crippen LogP contribution in [0.4, 0.5) is 0 Å². The van der Waals surface area contributed by atoms with E-state index in [0.717, 1.165) is 16.9 Å². The number of hydrogen-bond donors (Lipinski definition) is 0. The van der Waals surface area contributed by atoms with Crippen LogP contribution in [0.5, 0.6) is 0 Å². The predicted molar refractivity (Wildman–Crippen MR) is 122 cm³/mol. The van der Waals surface area contributed by atoms with Crippen molar-refractivity contribution >= 4 is 15.9 Å². The van der Waals surface area contributed by atoms with E-state index in [2.05, 4.69) is 0 Å². The molecule has 1 saturated heterocycles. The van der Waals surface area contributed by atoms with Crippen molar-refractivity contribution in [1.29, 1.82) is 0 Å². The number of rotatable bonds is 7. The number of piperidine rings is 1. The van der Waals surface area contributed by atoms with Crippen molar-refractivity contribution in [1.82, 2.24) is 9.21 Å². The molecule has 3 aromatic rings. The molecule has 0 aliphatic carbocycles. The Morgan fingerprint density at radius 3 is 2.28 bits per heavy atom. The Balaban J connectivity index is 1.44. The normalized spacial score (nSPS) is 15.5. The van der Waals surface area contributed by atoms with Crippen LogP contribution in [0, 0.1) is 12.8 Å². The van der Waals surface area contributed by atoms with Crippen LogP contribution in [-0.4, -0.2) is 36.6 Å². The summed E-state index contributed by atoms with van der Waals surface area (Å²) < 4.78 is 32.9. The fourth-order valence-electron chi connectivity index (χ4n) is 4.07. The number of hydrogen-bond acceptors (Lipinski definition) is 4. The molecule has 1 aliphatic rings. The van der Waals surface area contributed by atoms with Gasteiger partial charge in [-0.15, -0.1) is 0 Å². The van der Waals surface area contributed by atoms with Crippen LogP contribution >= 0.6 is 0 Å². The highest BCUT2D eigenvalue weighted by Gasteiger charge is 2.34. The minimum absolute atomic E-state index is 0.0395. The van der Waals surface area contributed by atoms with Gasteiger partial charge < -0.3 is 9.32 Å². The van der Waals surface area contributed by atoms with Gasteiger partial charge in [0.1, 0.15) is 5.76 Å². The molecule has 1 fully saturated rings. The fraction of sp³-hybridized carbons (Fsp3) is 0.320. The highest BCUT2D eigenvalue weighted by atomic mass is 32.2. The van der Waals surface area contributed by atoms with Crippen molar-refractivity contribution in [3.8, 4) is 0 Å². The van der Waals surface area contributed by atoms with Crippen LogP contribution in [0.3, 0.4) is 0 Å². The molecule has 168 valence electrons. The fourth-order valence-corrected chi connectivity index (χ4v) is 5.54. The molecule has 0 radical (unpaired) electrons. The third-order valence-electron chi connectivity index (χ3n) is 5.92. The summed E-state index contributed by atoms with van der Waals surface area (Å²) in [4.78, 5) is 15.5. The molecule has 1 amide bonds. The first-order chi connectivity index (χ1) is 15.4. The monoisotopic (exact) mass is 452 g/mol. The van der Waals surface area contributed by atoms with Crippen LogP contribution in [0.25, 0.3) is 0 Å². The first kappa shape index (κ1) is 22.3. The highest BCUT2D eigenvalue weighted by Crippen LogP contribution is 2.26. The largest absolute Gasteiger partial charge is 0.467 e. The Hall–Kier alpha value is -2.90. The second-order valence-electron chi connectivity index (χ2n) is 8.25. The molecule has 0 bridgehead atoms. The maximum atomic E-state index is 13.4. The van der Waals surface area contributed by atoms with Gasteiger partial charge in [0.15, 0.2) is 0 Å². The van der Waals surface area contributed by atoms with E-state index in [1.807, 2.05) is 54.3 Å². The lowest BCUT2D eigenvalue weighted by molar-refractivity contribution is -0.138. The molecule has 2 aromatic carbocycles. The zero-order valence-electron chi connectivity index (χ0n) is 18.2. The predicted octanol–water partition coefficient (Wildman–Crippen LogP) is 4.22. The average molecular weight is 453 g/mol. The van der Waals surface area contributed by atoms with Gasteiger partial charge in [-0.05, 0) is 49.6 Å². The highest BCUT2D eigenvalue weighted by molar-refractivity contribution is 7.89. The Morgan fingerprint density at radius 2 is 1.66 bits per heavy atom. The quantitative estimate of drug-likeness (QED) is 0.538. The number of nitrogens with zero attached hydrogens (tertiary/aromatic N) is 2. The zero-order chi connectivity index (χ0) is 22.6. The van der Waals surface area contributed by atoms with Gasteiger partial charge in [-0.1, -0.05) is 48.0 Å². The maximum Gasteiger partial charge on any atom is 0.243 e. The summed E-state index contributed by atoms with van der Waals surface area (Å²) in [6, 6.07) is 20.4. The molecule has 0 saturated carbocycles. The van der Waals surface area contributed by atoms with Crippen LogP contribution in [0.1, 0.15) is 29.7 Å². The van der Waals surface area contributed by atoms with Crippen molar-refractivity contribution in [3.63, 3.8) is 0 Å². The zero-order valence-corrected chi connectivity index (χ0v) is 19.0. The Morgan fingerprint density at radius 1 is 0.969 bits per heavy atom. The third-order valence-corrected chi connectivity index (χ3v) is 7.83. The van der Waals surface area contributed by atoms with E-state index in [4.69, 9.17) is 4.42 Å². The number of carbonyl (C=O) groups excluding carboxylic acids is 1. The van der Waals surface area contributed by atoms with Crippen molar-refractivity contribution in [3.05, 3.63) is 89.9 Å². The summed E-state index contributed by atoms with van der Waals surface area (Å²) in [7, 11) is -3.54. The van der Waals surface area contributed by atoms with Crippen molar-refractivity contribution in [2.45, 2.75) is 37.8 Å². The summed E-state index contributed by atoms with van der Waals surface area (Å²) in [6.07, 6.45) is 2.62. The second kappa shape index (κ2) is 9.71. The van der Waals surface area contributed by atoms with Crippen molar-refractivity contribution in [2.75, 3.05) is 13.1 Å². The standard InChI is InChI=1S/C25H28N2O4S/c1-20-9-11-24(12-10-20)32(29,30)27-15-13-22(14-16-27)25(28)26(19-23-8-5-17-31-23)18-21-6-3-2-4-7-21/h2-12,17,22H,13-16,18-19H2,1H3. The Bertz CT molecular complexity index is 1120. The van der Waals surface area contributed by atoms with E-state index in [9.17, 15) is 13.2 Å². The number of sulfonamides is 1. The molecule has 0 unspecified atom stereocenters. The SMILES string of the molecule is Cc1ccc(S(=O)(=O)N2CCC(C(=O)N(Cc3ccccc3)Cc3ccco3)CC2)cc1. The van der Waals surface area contributed by atoms with Gasteiger partial charge in [0.25, 0.3) is 0 Å². The topological polar surface area (TPSA) is 70.8 Å². The Labute approximate surface area is 189 Å². The van der Waals surface area contributed by atoms with E-state index >= 15 is 0 Å². The third kappa shape index (κ3) is 5.11. The van der Waals surface area contributed by atoms with E-state index < -0.39 is 10.0 Å². The maximum absolute atomic E-state index is 13.4. The number of aryl methyl sites for hydroxylation is 1. The van der Waals surface area contributed by atoms with Gasteiger partial charge in [-0.3, -0.25) is 4.79 Å². The number of furan rings is 1. The number of amides is 1. The molecule has 1 aliphatic heterocycles. The van der Waals surface area contributed by atoms with Crippen LogP contribution in [0.2, 0.25) is 0 Å². The molecule has 32 heavy (non-hydrogen) atoms. The van der Waals surface area contributed by atoms with Gasteiger partial charge in [0.05, 0.1) is 17.7 Å². The summed E-state index contributed by atoms with van der Waals surface area (Å²) in [6.45, 7) is 3.49. The van der Waals surface area contributed by atoms with Crippen molar-refractivity contribution < 1.29 is 17.6 Å². The van der Waals surface area contributed by atoms with Crippen LogP contribution in [0.15, 0.2) is 82.3 Å². The average Bonchev–Trinajstić information content (AvgIpc) is 3.32. The summed E-state index contributed by atoms with van der Waals surface area (Å²) in [5.74, 6) is 0.560. The summed E-state index contributed by atoms with van der Waals surface area (Å²) in [5.41, 5.74) is 2.06. The molecular formula is C25H28N2O4S. The van der Waals surface area contributed by atoms with Crippen molar-refractivity contribution in [2.24, 2.45) is 5.92 Å². The molecule has 7 heteroatoms.